The minimum atomic E-state index is -5.14. The maximum absolute atomic E-state index is 13.3. The minimum Gasteiger partial charge on any atom is -0.489 e. The molecule has 3 rings (SSSR count). The number of ether oxygens (including phenoxy) is 2. The summed E-state index contributed by atoms with van der Waals surface area (Å²) in [5.74, 6) is -3.28. The molecule has 2 heterocycles. The van der Waals surface area contributed by atoms with Crippen molar-refractivity contribution in [1.82, 2.24) is 4.90 Å². The highest BCUT2D eigenvalue weighted by Gasteiger charge is 2.46. The lowest BCUT2D eigenvalue weighted by Gasteiger charge is -2.35. The zero-order chi connectivity index (χ0) is 21.2. The Morgan fingerprint density at radius 2 is 1.93 bits per heavy atom. The number of anilines is 1. The third-order valence-corrected chi connectivity index (χ3v) is 5.13. The Hall–Kier alpha value is -2.33. The number of carboxylic acid groups (broad SMARTS) is 1. The first kappa shape index (κ1) is 21.4. The minimum absolute atomic E-state index is 0.154. The van der Waals surface area contributed by atoms with Gasteiger partial charge < -0.3 is 24.4 Å². The maximum Gasteiger partial charge on any atom is 0.471 e. The van der Waals surface area contributed by atoms with Gasteiger partial charge in [0, 0.05) is 38.4 Å². The van der Waals surface area contributed by atoms with E-state index in [0.717, 1.165) is 13.0 Å². The van der Waals surface area contributed by atoms with E-state index in [0.29, 0.717) is 11.4 Å². The third-order valence-electron chi connectivity index (χ3n) is 5.13. The standard InChI is InChI=1S/C19H23F3N2O5/c1-23-7-4-14(11-23)29-13-2-3-15(17(25)26)16(10-13)24(18(27)19(20,21)22)12-5-8-28-9-6-12/h2-3,10,12,14H,4-9,11H2,1H3,(H,25,26)/t14-/m0/s1. The summed E-state index contributed by atoms with van der Waals surface area (Å²) >= 11 is 0. The highest BCUT2D eigenvalue weighted by Crippen LogP contribution is 2.34. The Labute approximate surface area is 166 Å². The molecule has 2 aliphatic rings. The quantitative estimate of drug-likeness (QED) is 0.795. The van der Waals surface area contributed by atoms with Crippen LogP contribution in [0.3, 0.4) is 0 Å². The number of carbonyl (C=O) groups is 2. The highest BCUT2D eigenvalue weighted by atomic mass is 19.4. The van der Waals surface area contributed by atoms with Gasteiger partial charge in [0.15, 0.2) is 0 Å². The van der Waals surface area contributed by atoms with Crippen molar-refractivity contribution < 1.29 is 37.3 Å². The third kappa shape index (κ3) is 4.99. The average molecular weight is 416 g/mol. The van der Waals surface area contributed by atoms with Crippen molar-refractivity contribution in [2.45, 2.75) is 37.6 Å². The number of hydrogen-bond donors (Lipinski definition) is 1. The number of carboxylic acids is 1. The second-order valence-corrected chi connectivity index (χ2v) is 7.29. The summed E-state index contributed by atoms with van der Waals surface area (Å²) in [6.07, 6.45) is -4.19. The summed E-state index contributed by atoms with van der Waals surface area (Å²) < 4.78 is 51.0. The van der Waals surface area contributed by atoms with E-state index in [2.05, 4.69) is 4.90 Å². The van der Waals surface area contributed by atoms with Crippen LogP contribution in [-0.2, 0) is 9.53 Å². The Morgan fingerprint density at radius 1 is 1.24 bits per heavy atom. The molecule has 29 heavy (non-hydrogen) atoms. The van der Waals surface area contributed by atoms with Crippen LogP contribution in [0.2, 0.25) is 0 Å². The fourth-order valence-electron chi connectivity index (χ4n) is 3.70. The molecule has 0 aliphatic carbocycles. The lowest BCUT2D eigenvalue weighted by molar-refractivity contribution is -0.171. The fraction of sp³-hybridized carbons (Fsp3) is 0.579. The fourth-order valence-corrected chi connectivity index (χ4v) is 3.70. The SMILES string of the molecule is CN1CC[C@H](Oc2ccc(C(=O)O)c(N(C(=O)C(F)(F)F)C3CCOCC3)c2)C1. The van der Waals surface area contributed by atoms with Crippen molar-refractivity contribution in [3.05, 3.63) is 23.8 Å². The highest BCUT2D eigenvalue weighted by molar-refractivity contribution is 6.04. The van der Waals surface area contributed by atoms with Crippen molar-refractivity contribution in [2.75, 3.05) is 38.3 Å². The number of nitrogens with zero attached hydrogens (tertiary/aromatic N) is 2. The summed E-state index contributed by atoms with van der Waals surface area (Å²) in [6, 6.07) is 3.00. The molecule has 0 spiro atoms. The lowest BCUT2D eigenvalue weighted by atomic mass is 10.0. The second-order valence-electron chi connectivity index (χ2n) is 7.29. The monoisotopic (exact) mass is 416 g/mol. The van der Waals surface area contributed by atoms with E-state index in [4.69, 9.17) is 9.47 Å². The molecule has 0 aromatic heterocycles. The maximum atomic E-state index is 13.3. The summed E-state index contributed by atoms with van der Waals surface area (Å²) in [5, 5.41) is 9.52. The number of carbonyl (C=O) groups excluding carboxylic acids is 1. The number of alkyl halides is 3. The van der Waals surface area contributed by atoms with E-state index in [1.165, 1.54) is 18.2 Å². The molecule has 0 unspecified atom stereocenters. The van der Waals surface area contributed by atoms with E-state index >= 15 is 0 Å². The first-order valence-electron chi connectivity index (χ1n) is 9.37. The molecule has 10 heteroatoms. The first-order chi connectivity index (χ1) is 13.7. The molecule has 1 aromatic carbocycles. The first-order valence-corrected chi connectivity index (χ1v) is 9.37. The van der Waals surface area contributed by atoms with Crippen molar-refractivity contribution in [3.63, 3.8) is 0 Å². The molecule has 0 bridgehead atoms. The zero-order valence-electron chi connectivity index (χ0n) is 15.9. The van der Waals surface area contributed by atoms with Crippen molar-refractivity contribution in [3.8, 4) is 5.75 Å². The van der Waals surface area contributed by atoms with Crippen LogP contribution in [0.1, 0.15) is 29.6 Å². The van der Waals surface area contributed by atoms with Gasteiger partial charge in [0.05, 0.1) is 11.3 Å². The Bertz CT molecular complexity index is 765. The van der Waals surface area contributed by atoms with Crippen molar-refractivity contribution >= 4 is 17.6 Å². The Kier molecular flexibility index (Phi) is 6.33. The van der Waals surface area contributed by atoms with Gasteiger partial charge in [0.1, 0.15) is 11.9 Å². The van der Waals surface area contributed by atoms with Gasteiger partial charge in [-0.3, -0.25) is 4.79 Å². The molecule has 2 saturated heterocycles. The molecule has 2 fully saturated rings. The smallest absolute Gasteiger partial charge is 0.471 e. The van der Waals surface area contributed by atoms with E-state index in [-0.39, 0.29) is 49.2 Å². The molecule has 0 saturated carbocycles. The predicted molar refractivity (Wildman–Crippen MR) is 97.3 cm³/mol. The summed E-state index contributed by atoms with van der Waals surface area (Å²) in [7, 11) is 1.93. The molecular formula is C19H23F3N2O5. The molecule has 1 atom stereocenters. The molecule has 0 radical (unpaired) electrons. The van der Waals surface area contributed by atoms with E-state index in [1.54, 1.807) is 0 Å². The van der Waals surface area contributed by atoms with Crippen molar-refractivity contribution in [2.24, 2.45) is 0 Å². The van der Waals surface area contributed by atoms with Crippen LogP contribution in [-0.4, -0.2) is 73.6 Å². The van der Waals surface area contributed by atoms with Gasteiger partial charge in [-0.2, -0.15) is 13.2 Å². The van der Waals surface area contributed by atoms with Crippen LogP contribution in [0, 0.1) is 0 Å². The van der Waals surface area contributed by atoms with E-state index in [1.807, 2.05) is 7.05 Å². The second kappa shape index (κ2) is 8.58. The summed E-state index contributed by atoms with van der Waals surface area (Å²) in [5.41, 5.74) is -0.694. The molecule has 1 N–H and O–H groups in total. The normalized spacial score (nSPS) is 21.2. The molecule has 2 aliphatic heterocycles. The lowest BCUT2D eigenvalue weighted by Crippen LogP contribution is -2.50. The number of rotatable bonds is 5. The average Bonchev–Trinajstić information content (AvgIpc) is 3.06. The molecule has 7 nitrogen and oxygen atoms in total. The van der Waals surface area contributed by atoms with Gasteiger partial charge in [-0.1, -0.05) is 0 Å². The molecule has 1 amide bonds. The van der Waals surface area contributed by atoms with Gasteiger partial charge in [-0.05, 0) is 38.4 Å². The number of benzene rings is 1. The Balaban J connectivity index is 2.00. The van der Waals surface area contributed by atoms with E-state index in [9.17, 15) is 27.9 Å². The number of likely N-dealkylation sites (tertiary alicyclic amines) is 1. The van der Waals surface area contributed by atoms with Gasteiger partial charge in [-0.15, -0.1) is 0 Å². The van der Waals surface area contributed by atoms with Crippen LogP contribution in [0.4, 0.5) is 18.9 Å². The van der Waals surface area contributed by atoms with Crippen LogP contribution in [0.15, 0.2) is 18.2 Å². The predicted octanol–water partition coefficient (Wildman–Crippen LogP) is 2.54. The number of aromatic carboxylic acids is 1. The van der Waals surface area contributed by atoms with Crippen LogP contribution >= 0.6 is 0 Å². The molecule has 1 aromatic rings. The number of halogens is 3. The van der Waals surface area contributed by atoms with Crippen LogP contribution in [0.25, 0.3) is 0 Å². The van der Waals surface area contributed by atoms with Gasteiger partial charge in [0.25, 0.3) is 0 Å². The van der Waals surface area contributed by atoms with Gasteiger partial charge in [0.2, 0.25) is 0 Å². The summed E-state index contributed by atoms with van der Waals surface area (Å²) in [6.45, 7) is 1.87. The van der Waals surface area contributed by atoms with Gasteiger partial charge >= 0.3 is 18.1 Å². The topological polar surface area (TPSA) is 79.3 Å². The van der Waals surface area contributed by atoms with Crippen LogP contribution in [0.5, 0.6) is 5.75 Å². The van der Waals surface area contributed by atoms with E-state index < -0.39 is 24.1 Å². The molecule has 160 valence electrons. The van der Waals surface area contributed by atoms with Gasteiger partial charge in [-0.25, -0.2) is 4.79 Å². The zero-order valence-corrected chi connectivity index (χ0v) is 15.9. The summed E-state index contributed by atoms with van der Waals surface area (Å²) in [4.78, 5) is 26.6. The largest absolute Gasteiger partial charge is 0.489 e. The van der Waals surface area contributed by atoms with Crippen LogP contribution < -0.4 is 9.64 Å². The Morgan fingerprint density at radius 3 is 2.48 bits per heavy atom. The number of amides is 1. The number of hydrogen-bond acceptors (Lipinski definition) is 5. The molecular weight excluding hydrogens is 393 g/mol. The number of likely N-dealkylation sites (N-methyl/N-ethyl adjacent to an activating group) is 1. The van der Waals surface area contributed by atoms with Crippen molar-refractivity contribution in [1.29, 1.82) is 0 Å².